The second-order valence-electron chi connectivity index (χ2n) is 8.12. The van der Waals surface area contributed by atoms with Crippen LogP contribution >= 0.6 is 0 Å². The van der Waals surface area contributed by atoms with Crippen molar-refractivity contribution in [2.24, 2.45) is 11.7 Å². The lowest BCUT2D eigenvalue weighted by Crippen LogP contribution is -2.53. The largest absolute Gasteiger partial charge is 0.365 e. The Morgan fingerprint density at radius 3 is 2.48 bits per heavy atom. The summed E-state index contributed by atoms with van der Waals surface area (Å²) >= 11 is 0. The average molecular weight is 400 g/mol. The summed E-state index contributed by atoms with van der Waals surface area (Å²) in [5, 5.41) is 7.09. The van der Waals surface area contributed by atoms with Gasteiger partial charge in [0.25, 0.3) is 11.8 Å². The summed E-state index contributed by atoms with van der Waals surface area (Å²) in [7, 11) is 0. The normalized spacial score (nSPS) is 30.4. The molecule has 4 heterocycles. The Morgan fingerprint density at radius 1 is 1.17 bits per heavy atom. The molecular formula is C19H21FN6O3. The van der Waals surface area contributed by atoms with E-state index >= 15 is 0 Å². The standard InChI is InChI=1S/C19H21FN6O3/c20-14-7-12(14)19(29)25-10-1-2-11(25)6-9(5-10)24-18(28)15-3-4-22-17-13(16(21)27)8-23-26(15)17/h3-4,8-12,14H,1-2,5-7H2,(H2,21,27)(H,24,28)/t9?,10-,11+,12-,14+/m0/s1. The molecule has 29 heavy (non-hydrogen) atoms. The summed E-state index contributed by atoms with van der Waals surface area (Å²) in [6, 6.07) is 1.53. The first-order valence-corrected chi connectivity index (χ1v) is 9.83. The predicted molar refractivity (Wildman–Crippen MR) is 98.7 cm³/mol. The fraction of sp³-hybridized carbons (Fsp3) is 0.526. The number of carbonyl (C=O) groups is 3. The third kappa shape index (κ3) is 2.93. The summed E-state index contributed by atoms with van der Waals surface area (Å²) in [5.41, 5.74) is 5.96. The number of nitrogens with one attached hydrogen (secondary N) is 1. The van der Waals surface area contributed by atoms with Gasteiger partial charge >= 0.3 is 0 Å². The highest BCUT2D eigenvalue weighted by molar-refractivity contribution is 6.00. The van der Waals surface area contributed by atoms with E-state index in [1.807, 2.05) is 4.90 Å². The Labute approximate surface area is 165 Å². The van der Waals surface area contributed by atoms with Gasteiger partial charge in [0.1, 0.15) is 17.4 Å². The summed E-state index contributed by atoms with van der Waals surface area (Å²) in [6.07, 6.45) is 5.14. The van der Waals surface area contributed by atoms with E-state index in [-0.39, 0.29) is 46.8 Å². The van der Waals surface area contributed by atoms with Crippen LogP contribution in [0.5, 0.6) is 0 Å². The quantitative estimate of drug-likeness (QED) is 0.771. The minimum atomic E-state index is -0.993. The first-order valence-electron chi connectivity index (χ1n) is 9.83. The molecule has 1 aliphatic carbocycles. The smallest absolute Gasteiger partial charge is 0.270 e. The van der Waals surface area contributed by atoms with E-state index in [2.05, 4.69) is 15.4 Å². The number of rotatable bonds is 4. The van der Waals surface area contributed by atoms with E-state index in [4.69, 9.17) is 5.73 Å². The molecule has 3 fully saturated rings. The Balaban J connectivity index is 1.31. The van der Waals surface area contributed by atoms with Crippen molar-refractivity contribution in [3.05, 3.63) is 29.7 Å². The van der Waals surface area contributed by atoms with Gasteiger partial charge in [-0.15, -0.1) is 0 Å². The maximum atomic E-state index is 13.3. The Bertz CT molecular complexity index is 1010. The molecule has 2 bridgehead atoms. The van der Waals surface area contributed by atoms with Gasteiger partial charge in [0.2, 0.25) is 5.91 Å². The number of piperidine rings is 1. The molecule has 2 aromatic rings. The summed E-state index contributed by atoms with van der Waals surface area (Å²) in [4.78, 5) is 42.8. The number of hydrogen-bond donors (Lipinski definition) is 2. The fourth-order valence-corrected chi connectivity index (χ4v) is 4.76. The summed E-state index contributed by atoms with van der Waals surface area (Å²) in [5.74, 6) is -1.52. The number of nitrogens with two attached hydrogens (primary N) is 1. The predicted octanol–water partition coefficient (Wildman–Crippen LogP) is 0.438. The Morgan fingerprint density at radius 2 is 1.86 bits per heavy atom. The monoisotopic (exact) mass is 400 g/mol. The van der Waals surface area contributed by atoms with Crippen molar-refractivity contribution >= 4 is 23.4 Å². The van der Waals surface area contributed by atoms with Crippen molar-refractivity contribution in [2.75, 3.05) is 0 Å². The topological polar surface area (TPSA) is 123 Å². The van der Waals surface area contributed by atoms with Gasteiger partial charge in [-0.05, 0) is 38.2 Å². The van der Waals surface area contributed by atoms with Crippen molar-refractivity contribution in [3.8, 4) is 0 Å². The number of fused-ring (bicyclic) bond motifs is 3. The number of halogens is 1. The molecule has 5 rings (SSSR count). The van der Waals surface area contributed by atoms with Crippen LogP contribution in [0.4, 0.5) is 4.39 Å². The Hall–Kier alpha value is -3.04. The van der Waals surface area contributed by atoms with Gasteiger partial charge in [0.15, 0.2) is 5.65 Å². The molecule has 2 saturated heterocycles. The van der Waals surface area contributed by atoms with Gasteiger partial charge in [-0.3, -0.25) is 14.4 Å². The fourth-order valence-electron chi connectivity index (χ4n) is 4.76. The number of aromatic nitrogens is 3. The third-order valence-corrected chi connectivity index (χ3v) is 6.25. The maximum absolute atomic E-state index is 13.3. The zero-order valence-electron chi connectivity index (χ0n) is 15.6. The lowest BCUT2D eigenvalue weighted by Gasteiger charge is -2.39. The second-order valence-corrected chi connectivity index (χ2v) is 8.12. The maximum Gasteiger partial charge on any atom is 0.270 e. The van der Waals surface area contributed by atoms with Gasteiger partial charge in [-0.25, -0.2) is 13.9 Å². The number of amides is 3. The SMILES string of the molecule is NC(=O)c1cnn2c(C(=O)NC3C[C@H]4CC[C@@H](C3)N4C(=O)[C@H]3C[C@H]3F)ccnc12. The van der Waals surface area contributed by atoms with Crippen LogP contribution in [-0.4, -0.2) is 61.5 Å². The number of hydrogen-bond acceptors (Lipinski definition) is 5. The van der Waals surface area contributed by atoms with Crippen LogP contribution in [0.25, 0.3) is 5.65 Å². The molecule has 0 radical (unpaired) electrons. The highest BCUT2D eigenvalue weighted by Crippen LogP contribution is 2.42. The van der Waals surface area contributed by atoms with Gasteiger partial charge in [0.05, 0.1) is 12.1 Å². The van der Waals surface area contributed by atoms with E-state index in [9.17, 15) is 18.8 Å². The van der Waals surface area contributed by atoms with Crippen molar-refractivity contribution < 1.29 is 18.8 Å². The number of primary amides is 1. The minimum Gasteiger partial charge on any atom is -0.365 e. The zero-order valence-corrected chi connectivity index (χ0v) is 15.6. The van der Waals surface area contributed by atoms with Crippen LogP contribution in [-0.2, 0) is 4.79 Å². The van der Waals surface area contributed by atoms with Crippen LogP contribution in [0, 0.1) is 5.92 Å². The molecule has 3 amide bonds. The molecule has 1 unspecified atom stereocenters. The van der Waals surface area contributed by atoms with E-state index in [1.165, 1.54) is 23.0 Å². The van der Waals surface area contributed by atoms with E-state index in [0.717, 1.165) is 12.8 Å². The van der Waals surface area contributed by atoms with Crippen LogP contribution in [0.15, 0.2) is 18.5 Å². The van der Waals surface area contributed by atoms with Crippen molar-refractivity contribution in [3.63, 3.8) is 0 Å². The van der Waals surface area contributed by atoms with E-state index in [1.54, 1.807) is 0 Å². The van der Waals surface area contributed by atoms with Crippen LogP contribution in [0.3, 0.4) is 0 Å². The summed E-state index contributed by atoms with van der Waals surface area (Å²) in [6.45, 7) is 0. The second kappa shape index (κ2) is 6.50. The molecule has 2 aromatic heterocycles. The molecule has 0 spiro atoms. The molecule has 10 heteroatoms. The number of carbonyl (C=O) groups excluding carboxylic acids is 3. The molecule has 5 atom stereocenters. The van der Waals surface area contributed by atoms with Crippen molar-refractivity contribution in [2.45, 2.75) is 56.4 Å². The van der Waals surface area contributed by atoms with Crippen molar-refractivity contribution in [1.29, 1.82) is 0 Å². The highest BCUT2D eigenvalue weighted by Gasteiger charge is 2.51. The molecule has 152 valence electrons. The highest BCUT2D eigenvalue weighted by atomic mass is 19.1. The average Bonchev–Trinajstić information content (AvgIpc) is 3.15. The molecule has 2 aliphatic heterocycles. The lowest BCUT2D eigenvalue weighted by molar-refractivity contribution is -0.137. The first-order chi connectivity index (χ1) is 13.9. The van der Waals surface area contributed by atoms with Crippen molar-refractivity contribution in [1.82, 2.24) is 24.8 Å². The molecule has 9 nitrogen and oxygen atoms in total. The van der Waals surface area contributed by atoms with Gasteiger partial charge < -0.3 is 16.0 Å². The number of alkyl halides is 1. The van der Waals surface area contributed by atoms with Crippen LogP contribution in [0.1, 0.15) is 53.0 Å². The Kier molecular flexibility index (Phi) is 4.04. The van der Waals surface area contributed by atoms with Gasteiger partial charge in [0, 0.05) is 24.3 Å². The molecule has 3 aliphatic rings. The molecule has 3 N–H and O–H groups in total. The van der Waals surface area contributed by atoms with Gasteiger partial charge in [-0.2, -0.15) is 5.10 Å². The minimum absolute atomic E-state index is 0.0444. The van der Waals surface area contributed by atoms with Crippen LogP contribution < -0.4 is 11.1 Å². The number of nitrogens with zero attached hydrogens (tertiary/aromatic N) is 4. The van der Waals surface area contributed by atoms with E-state index in [0.29, 0.717) is 19.3 Å². The zero-order chi connectivity index (χ0) is 20.3. The molecular weight excluding hydrogens is 379 g/mol. The first kappa shape index (κ1) is 18.0. The van der Waals surface area contributed by atoms with E-state index < -0.39 is 18.0 Å². The van der Waals surface area contributed by atoms with Crippen LogP contribution in [0.2, 0.25) is 0 Å². The summed E-state index contributed by atoms with van der Waals surface area (Å²) < 4.78 is 14.6. The third-order valence-electron chi connectivity index (χ3n) is 6.25. The molecule has 0 aromatic carbocycles. The van der Waals surface area contributed by atoms with Gasteiger partial charge in [-0.1, -0.05) is 0 Å². The lowest BCUT2D eigenvalue weighted by atomic mass is 9.96. The molecule has 1 saturated carbocycles.